The molecule has 1 aliphatic rings. The van der Waals surface area contributed by atoms with E-state index < -0.39 is 0 Å². The molecule has 0 radical (unpaired) electrons. The minimum Gasteiger partial charge on any atom is -0.388 e. The molecule has 15 heavy (non-hydrogen) atoms. The molecule has 1 N–H and O–H groups in total. The number of thiophene rings is 1. The average molecular weight is 287 g/mol. The lowest BCUT2D eigenvalue weighted by Crippen LogP contribution is -2.01. The fourth-order valence-electron chi connectivity index (χ4n) is 1.98. The normalized spacial score (nSPS) is 18.7. The number of hydrogen-bond donors (Lipinski definition) is 1. The molecule has 2 rings (SSSR count). The number of rotatable bonds is 3. The largest absolute Gasteiger partial charge is 0.388 e. The summed E-state index contributed by atoms with van der Waals surface area (Å²) in [6, 6.07) is 0. The molecule has 0 spiro atoms. The van der Waals surface area contributed by atoms with Crippen LogP contribution in [0.4, 0.5) is 0 Å². The number of hydrogen-bond acceptors (Lipinski definition) is 2. The van der Waals surface area contributed by atoms with Crippen LogP contribution >= 0.6 is 27.3 Å². The van der Waals surface area contributed by atoms with E-state index in [-0.39, 0.29) is 6.10 Å². The number of aliphatic hydroxyl groups is 1. The summed E-state index contributed by atoms with van der Waals surface area (Å²) >= 11 is 5.09. The van der Waals surface area contributed by atoms with Crippen LogP contribution in [0.5, 0.6) is 0 Å². The van der Waals surface area contributed by atoms with Crippen molar-refractivity contribution in [1.29, 1.82) is 0 Å². The van der Waals surface area contributed by atoms with Crippen molar-refractivity contribution in [2.45, 2.75) is 38.2 Å². The van der Waals surface area contributed by atoms with Crippen LogP contribution < -0.4 is 0 Å². The van der Waals surface area contributed by atoms with Crippen LogP contribution in [-0.2, 0) is 0 Å². The smallest absolute Gasteiger partial charge is 0.0846 e. The SMILES string of the molecule is OC(CC1=CCCCC1)c1cscc1Br. The summed E-state index contributed by atoms with van der Waals surface area (Å²) in [6.45, 7) is 0. The van der Waals surface area contributed by atoms with Crippen LogP contribution in [0, 0.1) is 0 Å². The summed E-state index contributed by atoms with van der Waals surface area (Å²) < 4.78 is 1.04. The highest BCUT2D eigenvalue weighted by Crippen LogP contribution is 2.33. The van der Waals surface area contributed by atoms with Gasteiger partial charge < -0.3 is 5.11 Å². The second kappa shape index (κ2) is 5.28. The van der Waals surface area contributed by atoms with E-state index in [0.717, 1.165) is 16.5 Å². The Morgan fingerprint density at radius 2 is 2.27 bits per heavy atom. The molecule has 1 aromatic rings. The van der Waals surface area contributed by atoms with Crippen LogP contribution in [-0.4, -0.2) is 5.11 Å². The Hall–Kier alpha value is -0.120. The predicted octanol–water partition coefficient (Wildman–Crippen LogP) is 4.43. The highest BCUT2D eigenvalue weighted by Gasteiger charge is 2.15. The van der Waals surface area contributed by atoms with Gasteiger partial charge in [-0.2, -0.15) is 11.3 Å². The van der Waals surface area contributed by atoms with Crippen LogP contribution in [0.2, 0.25) is 0 Å². The minimum atomic E-state index is -0.338. The Labute approximate surface area is 103 Å². The van der Waals surface area contributed by atoms with Gasteiger partial charge in [-0.15, -0.1) is 0 Å². The molecule has 82 valence electrons. The molecule has 0 aromatic carbocycles. The molecule has 1 atom stereocenters. The van der Waals surface area contributed by atoms with Gasteiger partial charge in [0, 0.05) is 15.4 Å². The first-order valence-electron chi connectivity index (χ1n) is 5.35. The van der Waals surface area contributed by atoms with Crippen molar-refractivity contribution in [3.63, 3.8) is 0 Å². The first-order valence-corrected chi connectivity index (χ1v) is 7.08. The minimum absolute atomic E-state index is 0.338. The Bertz CT molecular complexity index is 356. The van der Waals surface area contributed by atoms with Crippen LogP contribution in [0.3, 0.4) is 0 Å². The summed E-state index contributed by atoms with van der Waals surface area (Å²) in [5.74, 6) is 0. The molecule has 1 heterocycles. The van der Waals surface area contributed by atoms with Gasteiger partial charge in [0.25, 0.3) is 0 Å². The van der Waals surface area contributed by atoms with Crippen molar-refractivity contribution in [3.8, 4) is 0 Å². The van der Waals surface area contributed by atoms with Crippen LogP contribution in [0.15, 0.2) is 26.9 Å². The molecular formula is C12H15BrOS. The first-order chi connectivity index (χ1) is 7.27. The van der Waals surface area contributed by atoms with Crippen molar-refractivity contribution < 1.29 is 5.11 Å². The van der Waals surface area contributed by atoms with Gasteiger partial charge in [-0.3, -0.25) is 0 Å². The molecule has 0 fully saturated rings. The van der Waals surface area contributed by atoms with Gasteiger partial charge in [0.15, 0.2) is 0 Å². The van der Waals surface area contributed by atoms with E-state index in [1.54, 1.807) is 11.3 Å². The van der Waals surface area contributed by atoms with E-state index in [2.05, 4.69) is 22.0 Å². The third-order valence-electron chi connectivity index (χ3n) is 2.84. The zero-order chi connectivity index (χ0) is 10.7. The fraction of sp³-hybridized carbons (Fsp3) is 0.500. The van der Waals surface area contributed by atoms with Crippen molar-refractivity contribution in [1.82, 2.24) is 0 Å². The number of halogens is 1. The Kier molecular flexibility index (Phi) is 4.00. The van der Waals surface area contributed by atoms with E-state index in [1.165, 1.54) is 31.3 Å². The van der Waals surface area contributed by atoms with E-state index in [1.807, 2.05) is 10.8 Å². The third kappa shape index (κ3) is 2.92. The van der Waals surface area contributed by atoms with Crippen molar-refractivity contribution in [3.05, 3.63) is 32.4 Å². The maximum atomic E-state index is 10.1. The Balaban J connectivity index is 2.00. The molecule has 1 aromatic heterocycles. The summed E-state index contributed by atoms with van der Waals surface area (Å²) in [5, 5.41) is 14.1. The van der Waals surface area contributed by atoms with Crippen LogP contribution in [0.25, 0.3) is 0 Å². The first kappa shape index (κ1) is 11.4. The quantitative estimate of drug-likeness (QED) is 0.815. The number of aliphatic hydroxyl groups excluding tert-OH is 1. The molecule has 3 heteroatoms. The maximum Gasteiger partial charge on any atom is 0.0846 e. The molecule has 1 aliphatic carbocycles. The fourth-order valence-corrected chi connectivity index (χ4v) is 3.59. The molecule has 1 nitrogen and oxygen atoms in total. The topological polar surface area (TPSA) is 20.2 Å². The van der Waals surface area contributed by atoms with Gasteiger partial charge in [-0.25, -0.2) is 0 Å². The molecule has 0 saturated carbocycles. The van der Waals surface area contributed by atoms with E-state index >= 15 is 0 Å². The monoisotopic (exact) mass is 286 g/mol. The molecule has 0 saturated heterocycles. The molecule has 0 bridgehead atoms. The highest BCUT2D eigenvalue weighted by molar-refractivity contribution is 9.10. The standard InChI is InChI=1S/C12H15BrOS/c13-11-8-15-7-10(11)12(14)6-9-4-2-1-3-5-9/h4,7-8,12,14H,1-3,5-6H2. The van der Waals surface area contributed by atoms with Crippen molar-refractivity contribution >= 4 is 27.3 Å². The second-order valence-electron chi connectivity index (χ2n) is 4.00. The highest BCUT2D eigenvalue weighted by atomic mass is 79.9. The van der Waals surface area contributed by atoms with E-state index in [4.69, 9.17) is 0 Å². The lowest BCUT2D eigenvalue weighted by molar-refractivity contribution is 0.176. The Morgan fingerprint density at radius 3 is 2.87 bits per heavy atom. The summed E-state index contributed by atoms with van der Waals surface area (Å²) in [5.41, 5.74) is 2.46. The Morgan fingerprint density at radius 1 is 1.40 bits per heavy atom. The average Bonchev–Trinajstić information content (AvgIpc) is 2.66. The zero-order valence-corrected chi connectivity index (χ0v) is 11.0. The second-order valence-corrected chi connectivity index (χ2v) is 5.60. The zero-order valence-electron chi connectivity index (χ0n) is 8.58. The van der Waals surface area contributed by atoms with Gasteiger partial charge in [0.2, 0.25) is 0 Å². The van der Waals surface area contributed by atoms with Gasteiger partial charge in [-0.05, 0) is 53.4 Å². The lowest BCUT2D eigenvalue weighted by atomic mass is 9.94. The van der Waals surface area contributed by atoms with E-state index in [9.17, 15) is 5.11 Å². The molecule has 1 unspecified atom stereocenters. The molecule has 0 aliphatic heterocycles. The molecular weight excluding hydrogens is 272 g/mol. The maximum absolute atomic E-state index is 10.1. The van der Waals surface area contributed by atoms with Gasteiger partial charge in [0.05, 0.1) is 6.10 Å². The van der Waals surface area contributed by atoms with Crippen LogP contribution in [0.1, 0.15) is 43.8 Å². The van der Waals surface area contributed by atoms with Crippen molar-refractivity contribution in [2.24, 2.45) is 0 Å². The molecule has 0 amide bonds. The summed E-state index contributed by atoms with van der Waals surface area (Å²) in [7, 11) is 0. The van der Waals surface area contributed by atoms with Crippen molar-refractivity contribution in [2.75, 3.05) is 0 Å². The predicted molar refractivity (Wildman–Crippen MR) is 68.1 cm³/mol. The lowest BCUT2D eigenvalue weighted by Gasteiger charge is -2.16. The van der Waals surface area contributed by atoms with Gasteiger partial charge >= 0.3 is 0 Å². The number of allylic oxidation sites excluding steroid dienone is 1. The van der Waals surface area contributed by atoms with Gasteiger partial charge in [-0.1, -0.05) is 11.6 Å². The van der Waals surface area contributed by atoms with Gasteiger partial charge in [0.1, 0.15) is 0 Å². The third-order valence-corrected chi connectivity index (χ3v) is 4.59. The van der Waals surface area contributed by atoms with E-state index in [0.29, 0.717) is 0 Å². The summed E-state index contributed by atoms with van der Waals surface area (Å²) in [6.07, 6.45) is 7.70. The summed E-state index contributed by atoms with van der Waals surface area (Å²) in [4.78, 5) is 0.